The van der Waals surface area contributed by atoms with E-state index in [4.69, 9.17) is 28.4 Å². The molecule has 0 aromatic carbocycles. The predicted octanol–water partition coefficient (Wildman–Crippen LogP) is 7.49. The van der Waals surface area contributed by atoms with Crippen LogP contribution in [0, 0.1) is 0 Å². The van der Waals surface area contributed by atoms with Gasteiger partial charge in [-0.3, -0.25) is 4.79 Å². The standard InChI is InChI=1S/C64H119NO18/c1-3-5-7-9-11-13-15-16-17-18-19-20-21-22-23-24-25-26-27-28-29-30-32-34-36-38-40-42-52(70)65-47(48(69)41-39-37-35-33-31-14-12-10-8-6-4-2)46-78-62-58(76)55(73)60(50(44-67)80-62)83-64-59(77)56(74)61(51(45-68)81-64)82-63-57(75)54(72)53(71)49(43-66)79-63/h15-16,18-19,47-51,53-64,66-69,71-77H,3-14,17,20-46H2,1-2H3,(H,65,70)/b16-15-,19-18-. The summed E-state index contributed by atoms with van der Waals surface area (Å²) in [5.74, 6) is -0.242. The van der Waals surface area contributed by atoms with Crippen LogP contribution in [0.1, 0.15) is 245 Å². The van der Waals surface area contributed by atoms with Crippen molar-refractivity contribution in [2.75, 3.05) is 26.4 Å². The molecular weight excluding hydrogens is 1070 g/mol. The Kier molecular flexibility index (Phi) is 43.0. The van der Waals surface area contributed by atoms with Crippen LogP contribution >= 0.6 is 0 Å². The Labute approximate surface area is 498 Å². The van der Waals surface area contributed by atoms with E-state index in [0.717, 1.165) is 51.4 Å². The summed E-state index contributed by atoms with van der Waals surface area (Å²) in [6, 6.07) is -0.884. The van der Waals surface area contributed by atoms with Gasteiger partial charge in [-0.15, -0.1) is 0 Å². The fourth-order valence-electron chi connectivity index (χ4n) is 11.3. The first-order valence-corrected chi connectivity index (χ1v) is 33.1. The third-order valence-electron chi connectivity index (χ3n) is 16.8. The molecule has 0 aliphatic carbocycles. The highest BCUT2D eigenvalue weighted by molar-refractivity contribution is 5.76. The van der Waals surface area contributed by atoms with Crippen LogP contribution < -0.4 is 5.32 Å². The smallest absolute Gasteiger partial charge is 0.220 e. The van der Waals surface area contributed by atoms with Gasteiger partial charge in [0.05, 0.1) is 38.6 Å². The number of hydrogen-bond acceptors (Lipinski definition) is 18. The highest BCUT2D eigenvalue weighted by Crippen LogP contribution is 2.33. The highest BCUT2D eigenvalue weighted by atomic mass is 16.8. The molecule has 0 radical (unpaired) electrons. The maximum atomic E-state index is 13.4. The lowest BCUT2D eigenvalue weighted by atomic mass is 9.96. The molecule has 0 bridgehead atoms. The molecule has 3 aliphatic heterocycles. The van der Waals surface area contributed by atoms with E-state index in [1.165, 1.54) is 161 Å². The Balaban J connectivity index is 1.39. The molecule has 12 N–H and O–H groups in total. The number of aliphatic hydroxyl groups is 11. The Bertz CT molecular complexity index is 1610. The number of carbonyl (C=O) groups is 1. The summed E-state index contributed by atoms with van der Waals surface area (Å²) in [6.07, 6.45) is 24.2. The number of carbonyl (C=O) groups excluding carboxylic acids is 1. The average Bonchev–Trinajstić information content (AvgIpc) is 3.62. The molecule has 3 saturated heterocycles. The number of hydrogen-bond donors (Lipinski definition) is 12. The van der Waals surface area contributed by atoms with Gasteiger partial charge < -0.3 is 89.9 Å². The SMILES string of the molecule is CCCCCCC/C=C\C/C=C\CCCCCCCCCCCCCCCCCC(=O)NC(COC1OC(CO)C(OC2OC(CO)C(OC3OC(CO)C(O)C(O)C3O)C(O)C2O)C(O)C1O)C(O)CCCCCCCCCCCCC. The molecule has 3 aliphatic rings. The van der Waals surface area contributed by atoms with Crippen molar-refractivity contribution in [3.8, 4) is 0 Å². The predicted molar refractivity (Wildman–Crippen MR) is 319 cm³/mol. The van der Waals surface area contributed by atoms with Gasteiger partial charge in [-0.2, -0.15) is 0 Å². The van der Waals surface area contributed by atoms with Crippen LogP contribution in [0.25, 0.3) is 0 Å². The minimum absolute atomic E-state index is 0.242. The average molecular weight is 1190 g/mol. The zero-order valence-corrected chi connectivity index (χ0v) is 51.2. The first kappa shape index (κ1) is 75.5. The number of unbranched alkanes of at least 4 members (excludes halogenated alkanes) is 30. The van der Waals surface area contributed by atoms with Crippen molar-refractivity contribution in [1.29, 1.82) is 0 Å². The fourth-order valence-corrected chi connectivity index (χ4v) is 11.3. The third kappa shape index (κ3) is 30.4. The number of aliphatic hydroxyl groups excluding tert-OH is 11. The summed E-state index contributed by atoms with van der Waals surface area (Å²) >= 11 is 0. The minimum Gasteiger partial charge on any atom is -0.394 e. The summed E-state index contributed by atoms with van der Waals surface area (Å²) in [5, 5.41) is 120. The van der Waals surface area contributed by atoms with Crippen LogP contribution in [0.5, 0.6) is 0 Å². The second kappa shape index (κ2) is 47.3. The number of ether oxygens (including phenoxy) is 6. The van der Waals surface area contributed by atoms with Gasteiger partial charge in [0, 0.05) is 6.42 Å². The van der Waals surface area contributed by atoms with E-state index >= 15 is 0 Å². The van der Waals surface area contributed by atoms with Crippen LogP contribution in [0.15, 0.2) is 24.3 Å². The topological polar surface area (TPSA) is 307 Å². The summed E-state index contributed by atoms with van der Waals surface area (Å²) in [4.78, 5) is 13.4. The van der Waals surface area contributed by atoms with Crippen LogP contribution in [0.3, 0.4) is 0 Å². The van der Waals surface area contributed by atoms with Crippen molar-refractivity contribution < 1.29 is 89.4 Å². The summed E-state index contributed by atoms with van der Waals surface area (Å²) in [6.45, 7) is 1.78. The van der Waals surface area contributed by atoms with Crippen LogP contribution in [0.2, 0.25) is 0 Å². The first-order chi connectivity index (χ1) is 40.3. The summed E-state index contributed by atoms with van der Waals surface area (Å²) in [5.41, 5.74) is 0. The second-order valence-electron chi connectivity index (χ2n) is 23.9. The quantitative estimate of drug-likeness (QED) is 0.0207. The number of amides is 1. The van der Waals surface area contributed by atoms with E-state index in [-0.39, 0.29) is 18.9 Å². The molecule has 1 amide bonds. The zero-order valence-electron chi connectivity index (χ0n) is 51.2. The zero-order chi connectivity index (χ0) is 60.5. The Hall–Kier alpha value is -1.73. The molecule has 0 spiro atoms. The molecule has 17 unspecified atom stereocenters. The molecule has 3 fully saturated rings. The Morgan fingerprint density at radius 1 is 0.434 bits per heavy atom. The van der Waals surface area contributed by atoms with Gasteiger partial charge in [0.15, 0.2) is 18.9 Å². The van der Waals surface area contributed by atoms with E-state index < -0.39 is 124 Å². The largest absolute Gasteiger partial charge is 0.394 e. The highest BCUT2D eigenvalue weighted by Gasteiger charge is 2.53. The molecule has 19 nitrogen and oxygen atoms in total. The Morgan fingerprint density at radius 3 is 1.23 bits per heavy atom. The van der Waals surface area contributed by atoms with Gasteiger partial charge in [-0.05, 0) is 44.9 Å². The van der Waals surface area contributed by atoms with Gasteiger partial charge in [-0.1, -0.05) is 218 Å². The van der Waals surface area contributed by atoms with Gasteiger partial charge in [0.1, 0.15) is 73.2 Å². The summed E-state index contributed by atoms with van der Waals surface area (Å²) in [7, 11) is 0. The van der Waals surface area contributed by atoms with Crippen LogP contribution in [-0.2, 0) is 33.2 Å². The monoisotopic (exact) mass is 1190 g/mol. The molecule has 3 rings (SSSR count). The molecule has 0 aromatic rings. The van der Waals surface area contributed by atoms with Crippen molar-refractivity contribution >= 4 is 5.91 Å². The molecular formula is C64H119NO18. The number of allylic oxidation sites excluding steroid dienone is 4. The van der Waals surface area contributed by atoms with Crippen molar-refractivity contribution in [2.45, 2.75) is 349 Å². The molecule has 3 heterocycles. The first-order valence-electron chi connectivity index (χ1n) is 33.1. The van der Waals surface area contributed by atoms with Gasteiger partial charge in [0.2, 0.25) is 5.91 Å². The maximum Gasteiger partial charge on any atom is 0.220 e. The lowest BCUT2D eigenvalue weighted by Gasteiger charge is -2.48. The van der Waals surface area contributed by atoms with Crippen molar-refractivity contribution in [2.24, 2.45) is 0 Å². The molecule has 488 valence electrons. The lowest BCUT2D eigenvalue weighted by Crippen LogP contribution is -2.66. The van der Waals surface area contributed by atoms with Gasteiger partial charge in [-0.25, -0.2) is 0 Å². The summed E-state index contributed by atoms with van der Waals surface area (Å²) < 4.78 is 34.3. The van der Waals surface area contributed by atoms with E-state index in [9.17, 15) is 61.0 Å². The van der Waals surface area contributed by atoms with Crippen LogP contribution in [-0.4, -0.2) is 193 Å². The van der Waals surface area contributed by atoms with E-state index in [2.05, 4.69) is 43.5 Å². The minimum atomic E-state index is -1.97. The van der Waals surface area contributed by atoms with Gasteiger partial charge >= 0.3 is 0 Å². The van der Waals surface area contributed by atoms with Gasteiger partial charge in [0.25, 0.3) is 0 Å². The molecule has 0 aromatic heterocycles. The molecule has 17 atom stereocenters. The van der Waals surface area contributed by atoms with Crippen molar-refractivity contribution in [3.05, 3.63) is 24.3 Å². The Morgan fingerprint density at radius 2 is 0.795 bits per heavy atom. The second-order valence-corrected chi connectivity index (χ2v) is 23.9. The van der Waals surface area contributed by atoms with E-state index in [1.807, 2.05) is 0 Å². The maximum absolute atomic E-state index is 13.4. The van der Waals surface area contributed by atoms with Crippen LogP contribution in [0.4, 0.5) is 0 Å². The lowest BCUT2D eigenvalue weighted by molar-refractivity contribution is -0.379. The van der Waals surface area contributed by atoms with Crippen molar-refractivity contribution in [1.82, 2.24) is 5.32 Å². The number of rotatable bonds is 50. The van der Waals surface area contributed by atoms with E-state index in [0.29, 0.717) is 12.8 Å². The molecule has 0 saturated carbocycles. The molecule has 83 heavy (non-hydrogen) atoms. The third-order valence-corrected chi connectivity index (χ3v) is 16.8. The number of nitrogens with one attached hydrogen (secondary N) is 1. The van der Waals surface area contributed by atoms with E-state index in [1.54, 1.807) is 0 Å². The normalized spacial score (nSPS) is 29.5. The molecule has 19 heteroatoms. The van der Waals surface area contributed by atoms with Crippen molar-refractivity contribution in [3.63, 3.8) is 0 Å². The fraction of sp³-hybridized carbons (Fsp3) is 0.922.